The highest BCUT2D eigenvalue weighted by Crippen LogP contribution is 2.30. The Labute approximate surface area is 145 Å². The van der Waals surface area contributed by atoms with Gasteiger partial charge in [-0.2, -0.15) is 5.10 Å². The van der Waals surface area contributed by atoms with E-state index in [1.807, 2.05) is 54.4 Å². The zero-order chi connectivity index (χ0) is 17.2. The molecule has 0 unspecified atom stereocenters. The van der Waals surface area contributed by atoms with Gasteiger partial charge in [-0.15, -0.1) is 0 Å². The van der Waals surface area contributed by atoms with Crippen LogP contribution in [0.2, 0.25) is 0 Å². The van der Waals surface area contributed by atoms with Crippen LogP contribution >= 0.6 is 0 Å². The summed E-state index contributed by atoms with van der Waals surface area (Å²) in [4.78, 5) is 23.4. The third-order valence-electron chi connectivity index (χ3n) is 4.31. The molecule has 1 amide bonds. The molecule has 1 saturated carbocycles. The highest BCUT2D eigenvalue weighted by molar-refractivity contribution is 5.95. The highest BCUT2D eigenvalue weighted by atomic mass is 16.2. The molecule has 0 saturated heterocycles. The van der Waals surface area contributed by atoms with Gasteiger partial charge in [-0.1, -0.05) is 18.2 Å². The van der Waals surface area contributed by atoms with Gasteiger partial charge in [0.15, 0.2) is 5.82 Å². The van der Waals surface area contributed by atoms with Gasteiger partial charge in [0.1, 0.15) is 5.82 Å². The summed E-state index contributed by atoms with van der Waals surface area (Å²) in [5.41, 5.74) is 2.63. The molecule has 0 spiro atoms. The van der Waals surface area contributed by atoms with Gasteiger partial charge in [-0.3, -0.25) is 14.9 Å². The van der Waals surface area contributed by atoms with Crippen molar-refractivity contribution in [3.63, 3.8) is 0 Å². The van der Waals surface area contributed by atoms with Gasteiger partial charge in [0, 0.05) is 36.1 Å². The first kappa shape index (κ1) is 15.5. The van der Waals surface area contributed by atoms with E-state index in [1.54, 1.807) is 6.20 Å². The number of aryl methyl sites for hydroxylation is 1. The number of carbonyl (C=O) groups excluding carboxylic acids is 1. The van der Waals surface area contributed by atoms with Crippen molar-refractivity contribution in [2.75, 3.05) is 0 Å². The van der Waals surface area contributed by atoms with Crippen molar-refractivity contribution in [1.29, 1.82) is 0 Å². The van der Waals surface area contributed by atoms with Crippen molar-refractivity contribution in [3.05, 3.63) is 65.7 Å². The first-order valence-corrected chi connectivity index (χ1v) is 8.40. The summed E-state index contributed by atoms with van der Waals surface area (Å²) >= 11 is 0. The third kappa shape index (κ3) is 3.42. The Balaban J connectivity index is 1.54. The molecule has 2 aromatic heterocycles. The van der Waals surface area contributed by atoms with E-state index in [1.165, 1.54) is 0 Å². The van der Waals surface area contributed by atoms with E-state index in [0.29, 0.717) is 24.0 Å². The zero-order valence-electron chi connectivity index (χ0n) is 14.0. The molecule has 4 rings (SSSR count). The summed E-state index contributed by atoms with van der Waals surface area (Å²) in [5.74, 6) is 1.47. The minimum atomic E-state index is 0.0593. The van der Waals surface area contributed by atoms with Crippen molar-refractivity contribution < 1.29 is 4.79 Å². The van der Waals surface area contributed by atoms with E-state index in [2.05, 4.69) is 20.2 Å². The number of hydrogen-bond acceptors (Lipinski definition) is 4. The lowest BCUT2D eigenvalue weighted by molar-refractivity contribution is 0.0730. The maximum Gasteiger partial charge on any atom is 0.254 e. The molecule has 2 heterocycles. The van der Waals surface area contributed by atoms with Crippen LogP contribution in [-0.2, 0) is 6.54 Å². The van der Waals surface area contributed by atoms with Gasteiger partial charge in [-0.25, -0.2) is 4.98 Å². The number of carbonyl (C=O) groups is 1. The zero-order valence-corrected chi connectivity index (χ0v) is 14.0. The smallest absolute Gasteiger partial charge is 0.254 e. The van der Waals surface area contributed by atoms with E-state index < -0.39 is 0 Å². The molecule has 3 aromatic rings. The second-order valence-electron chi connectivity index (χ2n) is 6.35. The number of nitrogens with zero attached hydrogens (tertiary/aromatic N) is 4. The van der Waals surface area contributed by atoms with Crippen molar-refractivity contribution >= 4 is 5.91 Å². The molecule has 0 bridgehead atoms. The van der Waals surface area contributed by atoms with Gasteiger partial charge in [0.25, 0.3) is 5.91 Å². The molecule has 1 fully saturated rings. The summed E-state index contributed by atoms with van der Waals surface area (Å²) in [6.45, 7) is 2.46. The topological polar surface area (TPSA) is 74.8 Å². The van der Waals surface area contributed by atoms with Crippen LogP contribution in [0, 0.1) is 6.92 Å². The molecule has 6 heteroatoms. The number of aromatic nitrogens is 4. The fraction of sp³-hybridized carbons (Fsp3) is 0.263. The molecule has 6 nitrogen and oxygen atoms in total. The monoisotopic (exact) mass is 333 g/mol. The molecule has 0 atom stereocenters. The largest absolute Gasteiger partial charge is 0.331 e. The molecule has 1 aromatic carbocycles. The number of benzene rings is 1. The Morgan fingerprint density at radius 3 is 2.64 bits per heavy atom. The van der Waals surface area contributed by atoms with E-state index in [4.69, 9.17) is 0 Å². The average Bonchev–Trinajstić information content (AvgIpc) is 3.40. The lowest BCUT2D eigenvalue weighted by Gasteiger charge is -2.22. The van der Waals surface area contributed by atoms with E-state index in [-0.39, 0.29) is 5.91 Å². The Bertz CT molecular complexity index is 868. The number of nitrogens with one attached hydrogen (secondary N) is 1. The van der Waals surface area contributed by atoms with Crippen LogP contribution < -0.4 is 0 Å². The van der Waals surface area contributed by atoms with Gasteiger partial charge >= 0.3 is 0 Å². The first-order valence-electron chi connectivity index (χ1n) is 8.40. The SMILES string of the molecule is Cc1nc(-c2ccc(C(=O)N(Cc3cccnc3)C3CC3)cc2)n[nH]1. The van der Waals surface area contributed by atoms with Crippen LogP contribution in [0.25, 0.3) is 11.4 Å². The normalized spacial score (nSPS) is 13.6. The second kappa shape index (κ2) is 6.47. The first-order chi connectivity index (χ1) is 12.2. The molecule has 25 heavy (non-hydrogen) atoms. The molecule has 126 valence electrons. The number of pyridine rings is 1. The third-order valence-corrected chi connectivity index (χ3v) is 4.31. The number of aromatic amines is 1. The molecule has 1 aliphatic rings. The summed E-state index contributed by atoms with van der Waals surface area (Å²) in [6.07, 6.45) is 5.70. The number of amides is 1. The van der Waals surface area contributed by atoms with Crippen LogP contribution in [0.4, 0.5) is 0 Å². The molecular formula is C19H19N5O. The Morgan fingerprint density at radius 1 is 1.24 bits per heavy atom. The fourth-order valence-corrected chi connectivity index (χ4v) is 2.84. The fourth-order valence-electron chi connectivity index (χ4n) is 2.84. The van der Waals surface area contributed by atoms with Crippen LogP contribution in [0.15, 0.2) is 48.8 Å². The quantitative estimate of drug-likeness (QED) is 0.779. The molecule has 0 aliphatic heterocycles. The van der Waals surface area contributed by atoms with Gasteiger partial charge < -0.3 is 4.90 Å². The lowest BCUT2D eigenvalue weighted by atomic mass is 10.1. The summed E-state index contributed by atoms with van der Waals surface area (Å²) in [7, 11) is 0. The molecule has 1 aliphatic carbocycles. The van der Waals surface area contributed by atoms with Crippen LogP contribution in [0.5, 0.6) is 0 Å². The van der Waals surface area contributed by atoms with Crippen molar-refractivity contribution in [2.45, 2.75) is 32.4 Å². The number of H-pyrrole nitrogens is 1. The Kier molecular flexibility index (Phi) is 4.01. The van der Waals surface area contributed by atoms with Gasteiger partial charge in [0.2, 0.25) is 0 Å². The summed E-state index contributed by atoms with van der Waals surface area (Å²) in [5, 5.41) is 6.98. The predicted octanol–water partition coefficient (Wildman–Crippen LogP) is 2.98. The summed E-state index contributed by atoms with van der Waals surface area (Å²) in [6, 6.07) is 11.7. The van der Waals surface area contributed by atoms with Crippen molar-refractivity contribution in [3.8, 4) is 11.4 Å². The predicted molar refractivity (Wildman–Crippen MR) is 93.7 cm³/mol. The minimum Gasteiger partial charge on any atom is -0.331 e. The number of hydrogen-bond donors (Lipinski definition) is 1. The lowest BCUT2D eigenvalue weighted by Crippen LogP contribution is -2.32. The minimum absolute atomic E-state index is 0.0593. The average molecular weight is 333 g/mol. The van der Waals surface area contributed by atoms with Crippen LogP contribution in [0.3, 0.4) is 0 Å². The second-order valence-corrected chi connectivity index (χ2v) is 6.35. The van der Waals surface area contributed by atoms with E-state index in [0.717, 1.165) is 29.8 Å². The van der Waals surface area contributed by atoms with E-state index >= 15 is 0 Å². The maximum absolute atomic E-state index is 13.0. The Morgan fingerprint density at radius 2 is 2.04 bits per heavy atom. The van der Waals surface area contributed by atoms with E-state index in [9.17, 15) is 4.79 Å². The van der Waals surface area contributed by atoms with Gasteiger partial charge in [0.05, 0.1) is 0 Å². The van der Waals surface area contributed by atoms with Crippen molar-refractivity contribution in [1.82, 2.24) is 25.1 Å². The van der Waals surface area contributed by atoms with Crippen molar-refractivity contribution in [2.24, 2.45) is 0 Å². The summed E-state index contributed by atoms with van der Waals surface area (Å²) < 4.78 is 0. The molecule has 0 radical (unpaired) electrons. The maximum atomic E-state index is 13.0. The van der Waals surface area contributed by atoms with Gasteiger partial charge in [-0.05, 0) is 43.5 Å². The highest BCUT2D eigenvalue weighted by Gasteiger charge is 2.33. The standard InChI is InChI=1S/C19H19N5O/c1-13-21-18(23-22-13)15-4-6-16(7-5-15)19(25)24(17-8-9-17)12-14-3-2-10-20-11-14/h2-7,10-11,17H,8-9,12H2,1H3,(H,21,22,23). The van der Waals surface area contributed by atoms with Crippen LogP contribution in [-0.4, -0.2) is 37.0 Å². The Hall–Kier alpha value is -3.02. The number of rotatable bonds is 5. The molecule has 1 N–H and O–H groups in total. The van der Waals surface area contributed by atoms with Crippen LogP contribution in [0.1, 0.15) is 34.6 Å². The molecular weight excluding hydrogens is 314 g/mol.